The van der Waals surface area contributed by atoms with E-state index in [1.807, 2.05) is 25.4 Å². The summed E-state index contributed by atoms with van der Waals surface area (Å²) in [6.45, 7) is 0.875. The molecular weight excluding hydrogens is 290 g/mol. The number of hydrogen-bond acceptors (Lipinski definition) is 3. The maximum atomic E-state index is 4.21. The summed E-state index contributed by atoms with van der Waals surface area (Å²) in [6, 6.07) is 12.4. The highest BCUT2D eigenvalue weighted by Crippen LogP contribution is 2.18. The van der Waals surface area contributed by atoms with Gasteiger partial charge >= 0.3 is 0 Å². The van der Waals surface area contributed by atoms with E-state index in [0.717, 1.165) is 22.5 Å². The average Bonchev–Trinajstić information content (AvgIpc) is 2.41. The van der Waals surface area contributed by atoms with Gasteiger partial charge in [-0.15, -0.1) is 0 Å². The van der Waals surface area contributed by atoms with Crippen LogP contribution in [0.25, 0.3) is 0 Å². The number of benzene rings is 1. The minimum atomic E-state index is 0.875. The number of halogens is 1. The highest BCUT2D eigenvalue weighted by molar-refractivity contribution is 9.10. The van der Waals surface area contributed by atoms with E-state index in [1.165, 1.54) is 5.56 Å². The summed E-state index contributed by atoms with van der Waals surface area (Å²) in [5, 5.41) is 3.05. The summed E-state index contributed by atoms with van der Waals surface area (Å²) in [6.07, 6.45) is 1.82. The van der Waals surface area contributed by atoms with Gasteiger partial charge in [-0.05, 0) is 23.8 Å². The minimum absolute atomic E-state index is 0.875. The molecule has 0 amide bonds. The molecule has 0 saturated heterocycles. The molecule has 0 atom stereocenters. The number of pyridine rings is 1. The van der Waals surface area contributed by atoms with Crippen molar-refractivity contribution >= 4 is 27.4 Å². The maximum absolute atomic E-state index is 4.21. The molecule has 4 heteroatoms. The third kappa shape index (κ3) is 3.23. The molecule has 0 aliphatic carbocycles. The third-order valence-electron chi connectivity index (χ3n) is 2.77. The molecule has 0 saturated carbocycles. The topological polar surface area (TPSA) is 28.2 Å². The van der Waals surface area contributed by atoms with Gasteiger partial charge < -0.3 is 10.2 Å². The van der Waals surface area contributed by atoms with Crippen molar-refractivity contribution in [1.29, 1.82) is 0 Å². The third-order valence-corrected chi connectivity index (χ3v) is 3.30. The molecule has 0 fully saturated rings. The van der Waals surface area contributed by atoms with Crippen molar-refractivity contribution in [2.45, 2.75) is 6.54 Å². The van der Waals surface area contributed by atoms with Crippen molar-refractivity contribution in [2.75, 3.05) is 24.3 Å². The highest BCUT2D eigenvalue weighted by atomic mass is 79.9. The van der Waals surface area contributed by atoms with Gasteiger partial charge in [0.1, 0.15) is 5.82 Å². The van der Waals surface area contributed by atoms with Crippen LogP contribution in [0.15, 0.2) is 47.1 Å². The van der Waals surface area contributed by atoms with E-state index in [9.17, 15) is 0 Å². The zero-order valence-corrected chi connectivity index (χ0v) is 12.1. The zero-order chi connectivity index (χ0) is 13.0. The van der Waals surface area contributed by atoms with Crippen molar-refractivity contribution in [3.63, 3.8) is 0 Å². The van der Waals surface area contributed by atoms with Crippen molar-refractivity contribution in [1.82, 2.24) is 4.98 Å². The van der Waals surface area contributed by atoms with Crippen molar-refractivity contribution < 1.29 is 0 Å². The summed E-state index contributed by atoms with van der Waals surface area (Å²) in [7, 11) is 3.96. The van der Waals surface area contributed by atoms with E-state index in [2.05, 4.69) is 62.4 Å². The first-order valence-corrected chi connectivity index (χ1v) is 6.58. The van der Waals surface area contributed by atoms with Crippen LogP contribution >= 0.6 is 15.9 Å². The first kappa shape index (κ1) is 12.9. The van der Waals surface area contributed by atoms with Crippen LogP contribution in [0.5, 0.6) is 0 Å². The smallest absolute Gasteiger partial charge is 0.127 e. The van der Waals surface area contributed by atoms with Gasteiger partial charge in [0, 0.05) is 43.1 Å². The second-order valence-corrected chi connectivity index (χ2v) is 5.05. The van der Waals surface area contributed by atoms with Gasteiger partial charge in [0.15, 0.2) is 0 Å². The van der Waals surface area contributed by atoms with E-state index in [4.69, 9.17) is 0 Å². The summed E-state index contributed by atoms with van der Waals surface area (Å²) in [5.74, 6) is 0.884. The Balaban J connectivity index is 2.11. The summed E-state index contributed by atoms with van der Waals surface area (Å²) >= 11 is 3.45. The fourth-order valence-corrected chi connectivity index (χ4v) is 2.01. The normalized spacial score (nSPS) is 10.2. The molecule has 1 aromatic heterocycles. The molecule has 1 heterocycles. The summed E-state index contributed by atoms with van der Waals surface area (Å²) in [4.78, 5) is 6.42. The van der Waals surface area contributed by atoms with E-state index >= 15 is 0 Å². The van der Waals surface area contributed by atoms with Gasteiger partial charge in [-0.3, -0.25) is 0 Å². The largest absolute Gasteiger partial charge is 0.373 e. The Morgan fingerprint density at radius 3 is 2.61 bits per heavy atom. The van der Waals surface area contributed by atoms with Crippen LogP contribution in [0.2, 0.25) is 0 Å². The quantitative estimate of drug-likeness (QED) is 0.937. The summed E-state index contributed by atoms with van der Waals surface area (Å²) in [5.41, 5.74) is 2.43. The fourth-order valence-electron chi connectivity index (χ4n) is 1.75. The minimum Gasteiger partial charge on any atom is -0.373 e. The Bertz CT molecular complexity index is 511. The van der Waals surface area contributed by atoms with E-state index < -0.39 is 0 Å². The van der Waals surface area contributed by atoms with Gasteiger partial charge in [-0.1, -0.05) is 28.1 Å². The monoisotopic (exact) mass is 305 g/mol. The lowest BCUT2D eigenvalue weighted by molar-refractivity contribution is 0.921. The van der Waals surface area contributed by atoms with Crippen LogP contribution in [-0.4, -0.2) is 19.1 Å². The van der Waals surface area contributed by atoms with E-state index in [0.29, 0.717) is 0 Å². The summed E-state index contributed by atoms with van der Waals surface area (Å²) < 4.78 is 1.11. The number of anilines is 2. The Morgan fingerprint density at radius 2 is 1.94 bits per heavy atom. The van der Waals surface area contributed by atoms with Crippen LogP contribution in [0.4, 0.5) is 11.5 Å². The number of nitrogens with zero attached hydrogens (tertiary/aromatic N) is 2. The fraction of sp³-hybridized carbons (Fsp3) is 0.214. The molecule has 0 bridgehead atoms. The van der Waals surface area contributed by atoms with Crippen LogP contribution in [0, 0.1) is 0 Å². The predicted molar refractivity (Wildman–Crippen MR) is 80.0 cm³/mol. The molecule has 0 unspecified atom stereocenters. The van der Waals surface area contributed by atoms with Gasteiger partial charge in [-0.25, -0.2) is 4.98 Å². The molecule has 1 aromatic carbocycles. The maximum Gasteiger partial charge on any atom is 0.127 e. The van der Waals surface area contributed by atoms with Gasteiger partial charge in [0.25, 0.3) is 0 Å². The number of nitrogens with one attached hydrogen (secondary N) is 1. The SMILES string of the molecule is CNc1cc(N(C)Cc2ccc(Br)cc2)ccn1. The molecule has 0 aliphatic heterocycles. The Hall–Kier alpha value is -1.55. The van der Waals surface area contributed by atoms with Crippen LogP contribution < -0.4 is 10.2 Å². The second kappa shape index (κ2) is 5.87. The second-order valence-electron chi connectivity index (χ2n) is 4.13. The first-order chi connectivity index (χ1) is 8.69. The number of hydrogen-bond donors (Lipinski definition) is 1. The average molecular weight is 306 g/mol. The Labute approximate surface area is 116 Å². The lowest BCUT2D eigenvalue weighted by Gasteiger charge is -2.19. The van der Waals surface area contributed by atoms with Crippen LogP contribution in [0.3, 0.4) is 0 Å². The molecule has 94 valence electrons. The van der Waals surface area contributed by atoms with Crippen LogP contribution in [-0.2, 0) is 6.54 Å². The lowest BCUT2D eigenvalue weighted by atomic mass is 10.2. The number of aromatic nitrogens is 1. The first-order valence-electron chi connectivity index (χ1n) is 5.78. The van der Waals surface area contributed by atoms with E-state index in [1.54, 1.807) is 0 Å². The molecular formula is C14H16BrN3. The van der Waals surface area contributed by atoms with Crippen molar-refractivity contribution in [3.8, 4) is 0 Å². The molecule has 18 heavy (non-hydrogen) atoms. The Morgan fingerprint density at radius 1 is 1.22 bits per heavy atom. The van der Waals surface area contributed by atoms with Crippen molar-refractivity contribution in [3.05, 3.63) is 52.6 Å². The van der Waals surface area contributed by atoms with Gasteiger partial charge in [-0.2, -0.15) is 0 Å². The molecule has 2 aromatic rings. The molecule has 0 spiro atoms. The molecule has 1 N–H and O–H groups in total. The molecule has 3 nitrogen and oxygen atoms in total. The molecule has 0 radical (unpaired) electrons. The number of rotatable bonds is 4. The van der Waals surface area contributed by atoms with E-state index in [-0.39, 0.29) is 0 Å². The lowest BCUT2D eigenvalue weighted by Crippen LogP contribution is -2.16. The highest BCUT2D eigenvalue weighted by Gasteiger charge is 2.03. The van der Waals surface area contributed by atoms with Gasteiger partial charge in [0.05, 0.1) is 0 Å². The van der Waals surface area contributed by atoms with Crippen molar-refractivity contribution in [2.24, 2.45) is 0 Å². The van der Waals surface area contributed by atoms with Crippen LogP contribution in [0.1, 0.15) is 5.56 Å². The zero-order valence-electron chi connectivity index (χ0n) is 10.5. The molecule has 2 rings (SSSR count). The molecule has 0 aliphatic rings. The standard InChI is InChI=1S/C14H16BrN3/c1-16-14-9-13(7-8-17-14)18(2)10-11-3-5-12(15)6-4-11/h3-9H,10H2,1-2H3,(H,16,17). The predicted octanol–water partition coefficient (Wildman–Crippen LogP) is 3.52. The Kier molecular flexibility index (Phi) is 4.20. The van der Waals surface area contributed by atoms with Gasteiger partial charge in [0.2, 0.25) is 0 Å².